The van der Waals surface area contributed by atoms with Crippen LogP contribution in [0.2, 0.25) is 0 Å². The molecule has 1 aliphatic heterocycles. The molecule has 1 aliphatic carbocycles. The van der Waals surface area contributed by atoms with Gasteiger partial charge in [-0.3, -0.25) is 0 Å². The number of aromatic nitrogens is 2. The minimum absolute atomic E-state index is 0.144. The van der Waals surface area contributed by atoms with E-state index in [2.05, 4.69) is 65.1 Å². The van der Waals surface area contributed by atoms with E-state index >= 15 is 0 Å². The summed E-state index contributed by atoms with van der Waals surface area (Å²) >= 11 is 0. The van der Waals surface area contributed by atoms with Gasteiger partial charge in [0, 0.05) is 43.1 Å². The average molecular weight is 503 g/mol. The Labute approximate surface area is 220 Å². The van der Waals surface area contributed by atoms with Gasteiger partial charge in [0.05, 0.1) is 12.3 Å². The van der Waals surface area contributed by atoms with E-state index in [1.54, 1.807) is 6.33 Å². The van der Waals surface area contributed by atoms with Crippen LogP contribution >= 0.6 is 0 Å². The summed E-state index contributed by atoms with van der Waals surface area (Å²) in [5.41, 5.74) is 9.06. The second-order valence-electron chi connectivity index (χ2n) is 10.7. The Morgan fingerprint density at radius 2 is 1.59 bits per heavy atom. The fourth-order valence-corrected chi connectivity index (χ4v) is 4.92. The van der Waals surface area contributed by atoms with Crippen molar-refractivity contribution in [1.82, 2.24) is 9.97 Å². The van der Waals surface area contributed by atoms with Crippen LogP contribution in [0.5, 0.6) is 11.5 Å². The smallest absolute Gasteiger partial charge is 0.132 e. The third-order valence-corrected chi connectivity index (χ3v) is 7.52. The molecule has 3 aromatic rings. The molecule has 0 radical (unpaired) electrons. The molecule has 1 saturated heterocycles. The van der Waals surface area contributed by atoms with Gasteiger partial charge in [-0.1, -0.05) is 38.1 Å². The maximum Gasteiger partial charge on any atom is 0.132 e. The van der Waals surface area contributed by atoms with Crippen molar-refractivity contribution >= 4 is 5.82 Å². The first-order valence-electron chi connectivity index (χ1n) is 13.3. The van der Waals surface area contributed by atoms with E-state index in [0.29, 0.717) is 12.5 Å². The van der Waals surface area contributed by atoms with Crippen LogP contribution in [0.3, 0.4) is 0 Å². The number of benzene rings is 2. The lowest BCUT2D eigenvalue weighted by molar-refractivity contribution is 0.0987. The predicted molar refractivity (Wildman–Crippen MR) is 145 cm³/mol. The zero-order valence-electron chi connectivity index (χ0n) is 22.1. The highest BCUT2D eigenvalue weighted by atomic mass is 16.5. The van der Waals surface area contributed by atoms with Gasteiger partial charge in [-0.25, -0.2) is 9.97 Å². The van der Waals surface area contributed by atoms with Crippen molar-refractivity contribution in [2.75, 3.05) is 31.2 Å². The molecule has 37 heavy (non-hydrogen) atoms. The summed E-state index contributed by atoms with van der Waals surface area (Å²) in [6, 6.07) is 19.1. The molecule has 2 fully saturated rings. The van der Waals surface area contributed by atoms with Crippen LogP contribution in [-0.2, 0) is 16.8 Å². The molecular weight excluding hydrogens is 464 g/mol. The monoisotopic (exact) mass is 502 g/mol. The number of rotatable bonds is 11. The molecule has 7 heteroatoms. The summed E-state index contributed by atoms with van der Waals surface area (Å²) in [5, 5.41) is 0. The molecule has 1 aromatic heterocycles. The number of anilines is 1. The Bertz CT molecular complexity index is 1150. The molecule has 5 rings (SSSR count). The minimum Gasteiger partial charge on any atom is -0.490 e. The number of hydrogen-bond donors (Lipinski definition) is 1. The second-order valence-corrected chi connectivity index (χ2v) is 10.7. The van der Waals surface area contributed by atoms with Crippen molar-refractivity contribution < 1.29 is 14.2 Å². The first-order chi connectivity index (χ1) is 17.9. The zero-order chi connectivity index (χ0) is 25.8. The molecule has 2 heterocycles. The van der Waals surface area contributed by atoms with Gasteiger partial charge in [0.25, 0.3) is 0 Å². The lowest BCUT2D eigenvalue weighted by Gasteiger charge is -2.39. The van der Waals surface area contributed by atoms with E-state index in [9.17, 15) is 0 Å². The molecular formula is C30H38N4O3. The van der Waals surface area contributed by atoms with Gasteiger partial charge in [0.1, 0.15) is 36.4 Å². The summed E-state index contributed by atoms with van der Waals surface area (Å²) in [7, 11) is 0. The number of ether oxygens (including phenoxy) is 3. The highest BCUT2D eigenvalue weighted by Gasteiger charge is 2.29. The van der Waals surface area contributed by atoms with Gasteiger partial charge in [0.15, 0.2) is 0 Å². The van der Waals surface area contributed by atoms with Gasteiger partial charge in [-0.05, 0) is 55.2 Å². The molecule has 0 atom stereocenters. The summed E-state index contributed by atoms with van der Waals surface area (Å²) in [4.78, 5) is 11.1. The summed E-state index contributed by atoms with van der Waals surface area (Å²) < 4.78 is 17.6. The van der Waals surface area contributed by atoms with Gasteiger partial charge in [-0.2, -0.15) is 0 Å². The molecule has 0 amide bonds. The van der Waals surface area contributed by atoms with Gasteiger partial charge in [-0.15, -0.1) is 0 Å². The summed E-state index contributed by atoms with van der Waals surface area (Å²) in [6.07, 6.45) is 3.75. The number of hydrogen-bond acceptors (Lipinski definition) is 7. The van der Waals surface area contributed by atoms with Crippen LogP contribution in [0, 0.1) is 5.92 Å². The van der Waals surface area contributed by atoms with Crippen LogP contribution in [0.1, 0.15) is 50.4 Å². The molecule has 0 spiro atoms. The van der Waals surface area contributed by atoms with Crippen molar-refractivity contribution in [3.63, 3.8) is 0 Å². The second kappa shape index (κ2) is 11.1. The van der Waals surface area contributed by atoms with Crippen molar-refractivity contribution in [3.05, 3.63) is 77.7 Å². The lowest BCUT2D eigenvalue weighted by Crippen LogP contribution is -2.49. The molecule has 1 saturated carbocycles. The van der Waals surface area contributed by atoms with Crippen molar-refractivity contribution in [2.24, 2.45) is 11.7 Å². The van der Waals surface area contributed by atoms with Crippen molar-refractivity contribution in [2.45, 2.75) is 57.8 Å². The van der Waals surface area contributed by atoms with Crippen LogP contribution in [0.4, 0.5) is 5.82 Å². The molecule has 0 bridgehead atoms. The zero-order valence-corrected chi connectivity index (χ0v) is 22.1. The summed E-state index contributed by atoms with van der Waals surface area (Å²) in [6.45, 7) is 10.4. The molecule has 2 aliphatic rings. The molecule has 0 unspecified atom stereocenters. The fourth-order valence-electron chi connectivity index (χ4n) is 4.92. The van der Waals surface area contributed by atoms with Gasteiger partial charge >= 0.3 is 0 Å². The van der Waals surface area contributed by atoms with Crippen LogP contribution in [0.15, 0.2) is 60.9 Å². The van der Waals surface area contributed by atoms with Crippen LogP contribution in [0.25, 0.3) is 0 Å². The van der Waals surface area contributed by atoms with E-state index in [-0.39, 0.29) is 17.6 Å². The van der Waals surface area contributed by atoms with E-state index < -0.39 is 0 Å². The molecule has 2 aromatic carbocycles. The number of nitrogens with two attached hydrogens (primary N) is 1. The lowest BCUT2D eigenvalue weighted by atomic mass is 9.78. The third-order valence-electron chi connectivity index (χ3n) is 7.52. The normalized spacial score (nSPS) is 19.7. The Balaban J connectivity index is 1.15. The van der Waals surface area contributed by atoms with E-state index in [1.165, 1.54) is 11.1 Å². The largest absolute Gasteiger partial charge is 0.490 e. The SMILES string of the molecule is CCOCC1CN(c2cc(COc3ccc(C(C)(C)c4ccc(OC5CC(N)C5)cc4)cc3)ncn2)C1. The van der Waals surface area contributed by atoms with Crippen LogP contribution < -0.4 is 20.1 Å². The maximum atomic E-state index is 6.05. The quantitative estimate of drug-likeness (QED) is 0.406. The van der Waals surface area contributed by atoms with E-state index in [1.807, 2.05) is 25.1 Å². The summed E-state index contributed by atoms with van der Waals surface area (Å²) in [5.74, 6) is 3.26. The first kappa shape index (κ1) is 25.5. The van der Waals surface area contributed by atoms with Crippen LogP contribution in [-0.4, -0.2) is 48.4 Å². The van der Waals surface area contributed by atoms with Crippen molar-refractivity contribution in [3.8, 4) is 11.5 Å². The Morgan fingerprint density at radius 1 is 0.946 bits per heavy atom. The van der Waals surface area contributed by atoms with Crippen molar-refractivity contribution in [1.29, 1.82) is 0 Å². The molecule has 196 valence electrons. The van der Waals surface area contributed by atoms with Gasteiger partial charge < -0.3 is 24.8 Å². The average Bonchev–Trinajstić information content (AvgIpc) is 2.86. The first-order valence-corrected chi connectivity index (χ1v) is 13.3. The molecule has 2 N–H and O–H groups in total. The van der Waals surface area contributed by atoms with E-state index in [0.717, 1.165) is 62.2 Å². The number of nitrogens with zero attached hydrogens (tertiary/aromatic N) is 3. The predicted octanol–water partition coefficient (Wildman–Crippen LogP) is 4.72. The Morgan fingerprint density at radius 3 is 2.22 bits per heavy atom. The highest BCUT2D eigenvalue weighted by molar-refractivity contribution is 5.43. The Kier molecular flexibility index (Phi) is 7.63. The topological polar surface area (TPSA) is 82.7 Å². The fraction of sp³-hybridized carbons (Fsp3) is 0.467. The third kappa shape index (κ3) is 6.05. The molecule has 7 nitrogen and oxygen atoms in total. The Hall–Kier alpha value is -3.16. The van der Waals surface area contributed by atoms with E-state index in [4.69, 9.17) is 19.9 Å². The minimum atomic E-state index is -0.144. The maximum absolute atomic E-state index is 6.05. The standard InChI is InChI=1S/C30H38N4O3/c1-4-35-18-21-16-34(17-21)29-15-25(32-20-33-29)19-36-26-9-5-22(6-10-26)30(2,3)23-7-11-27(12-8-23)37-28-13-24(31)14-28/h5-12,15,20-21,24,28H,4,13-14,16-19,31H2,1-3H3. The highest BCUT2D eigenvalue weighted by Crippen LogP contribution is 2.34. The van der Waals surface area contributed by atoms with Gasteiger partial charge in [0.2, 0.25) is 0 Å².